The quantitative estimate of drug-likeness (QED) is 0.185. The zero-order valence-corrected chi connectivity index (χ0v) is 29.6. The first-order chi connectivity index (χ1) is 22.1. The molecule has 2 aliphatic heterocycles. The molecule has 5 rings (SSSR count). The van der Waals surface area contributed by atoms with Gasteiger partial charge in [0, 0.05) is 0 Å². The molecule has 2 aromatic carbocycles. The van der Waals surface area contributed by atoms with Crippen LogP contribution in [0, 0.1) is 11.7 Å². The second kappa shape index (κ2) is 12.3. The average molecular weight is 843 g/mol. The van der Waals surface area contributed by atoms with Crippen molar-refractivity contribution in [2.24, 2.45) is 5.92 Å². The zero-order chi connectivity index (χ0) is 35.7. The Morgan fingerprint density at radius 2 is 1.62 bits per heavy atom. The van der Waals surface area contributed by atoms with E-state index < -0.39 is 95.6 Å². The third-order valence-corrected chi connectivity index (χ3v) is 21.1. The Morgan fingerprint density at radius 1 is 1.00 bits per heavy atom. The number of carbonyl (C=O) groups excluding carboxylic acids is 1. The molecule has 48 heavy (non-hydrogen) atoms. The van der Waals surface area contributed by atoms with E-state index in [-0.39, 0.29) is 66.5 Å². The number of halogens is 9. The molecule has 0 saturated carbocycles. The van der Waals surface area contributed by atoms with Crippen molar-refractivity contribution in [1.82, 2.24) is 4.90 Å². The number of hydrogen-bond donors (Lipinski definition) is 0. The van der Waals surface area contributed by atoms with Crippen LogP contribution in [0.25, 0.3) is 0 Å². The van der Waals surface area contributed by atoms with E-state index in [1.165, 1.54) is 4.90 Å². The van der Waals surface area contributed by atoms with Crippen LogP contribution in [0.5, 0.6) is 0 Å². The van der Waals surface area contributed by atoms with Gasteiger partial charge in [-0.05, 0) is 0 Å². The van der Waals surface area contributed by atoms with Crippen LogP contribution in [-0.4, -0.2) is 65.5 Å². The van der Waals surface area contributed by atoms with Gasteiger partial charge in [-0.15, -0.1) is 0 Å². The molecule has 2 saturated heterocycles. The summed E-state index contributed by atoms with van der Waals surface area (Å²) in [6.07, 6.45) is -12.7. The van der Waals surface area contributed by atoms with Crippen LogP contribution in [0.15, 0.2) is 47.4 Å². The SMILES string of the molecule is CCC[I-]C1(C)CC(C(=O)N2CC[C@@]3(S(=O)(=O)c4ccc(F)cc4)c4ccc(C(F)(C(F)(F)F)C(F)(F)F)cc4CC[C@@H]23)CCS1(=O)=O. The molecule has 2 heterocycles. The van der Waals surface area contributed by atoms with Gasteiger partial charge in [0.1, 0.15) is 0 Å². The number of hydrogen-bond acceptors (Lipinski definition) is 5. The number of likely N-dealkylation sites (tertiary alicyclic amines) is 1. The Hall–Kier alpha value is -2.02. The van der Waals surface area contributed by atoms with Gasteiger partial charge < -0.3 is 0 Å². The van der Waals surface area contributed by atoms with Gasteiger partial charge in [0.05, 0.1) is 0 Å². The van der Waals surface area contributed by atoms with Crippen molar-refractivity contribution in [3.63, 3.8) is 0 Å². The summed E-state index contributed by atoms with van der Waals surface area (Å²) < 4.78 is 164. The summed E-state index contributed by atoms with van der Waals surface area (Å²) >= 11 is -0.856. The van der Waals surface area contributed by atoms with E-state index in [0.29, 0.717) is 10.5 Å². The number of nitrogens with zero attached hydrogens (tertiary/aromatic N) is 1. The Morgan fingerprint density at radius 3 is 2.21 bits per heavy atom. The summed E-state index contributed by atoms with van der Waals surface area (Å²) in [6, 6.07) is 4.03. The molecule has 0 radical (unpaired) electrons. The first-order valence-corrected chi connectivity index (χ1v) is 20.9. The standard InChI is InChI=1S/C31H33F8INO5S2/c1-3-14-40-27(2)18-20(12-16-47(27,43)44)26(42)41-15-13-28(48(45,46)23-8-6-22(32)7-9-23)24-10-5-21(17-19(24)4-11-25(28)41)29(33,30(34,35)36)31(37,38)39/h5-10,17,20,25H,3-4,11-16,18H2,1-2H3/q-1/t20?,25-,27?,28-/m1/s1. The van der Waals surface area contributed by atoms with Crippen LogP contribution < -0.4 is 21.2 Å². The molecule has 0 aromatic heterocycles. The predicted octanol–water partition coefficient (Wildman–Crippen LogP) is 3.37. The third-order valence-electron chi connectivity index (χ3n) is 9.86. The second-order valence-electron chi connectivity index (χ2n) is 12.6. The molecule has 2 unspecified atom stereocenters. The molecule has 6 nitrogen and oxygen atoms in total. The van der Waals surface area contributed by atoms with Gasteiger partial charge >= 0.3 is 250 Å². The summed E-state index contributed by atoms with van der Waals surface area (Å²) in [5.74, 6) is -2.22. The Kier molecular flexibility index (Phi) is 9.57. The van der Waals surface area contributed by atoms with Crippen LogP contribution in [0.3, 0.4) is 0 Å². The van der Waals surface area contributed by atoms with Crippen LogP contribution in [0.4, 0.5) is 35.1 Å². The topological polar surface area (TPSA) is 88.6 Å². The van der Waals surface area contributed by atoms with Crippen LogP contribution in [0.2, 0.25) is 0 Å². The zero-order valence-electron chi connectivity index (χ0n) is 25.8. The van der Waals surface area contributed by atoms with E-state index in [2.05, 4.69) is 0 Å². The summed E-state index contributed by atoms with van der Waals surface area (Å²) in [6.45, 7) is 3.41. The number of amides is 1. The fraction of sp³-hybridized carbons (Fsp3) is 0.581. The van der Waals surface area contributed by atoms with Gasteiger partial charge in [-0.2, -0.15) is 26.3 Å². The van der Waals surface area contributed by atoms with E-state index in [9.17, 15) is 52.4 Å². The normalized spacial score (nSPS) is 27.8. The molecule has 2 aromatic rings. The number of aryl methyl sites for hydroxylation is 1. The summed E-state index contributed by atoms with van der Waals surface area (Å²) in [5, 5.41) is 0. The molecule has 4 atom stereocenters. The Balaban J connectivity index is 1.62. The molecule has 3 aliphatic rings. The molecule has 1 aliphatic carbocycles. The van der Waals surface area contributed by atoms with Crippen LogP contribution >= 0.6 is 0 Å². The van der Waals surface area contributed by atoms with E-state index in [0.717, 1.165) is 36.8 Å². The summed E-state index contributed by atoms with van der Waals surface area (Å²) in [4.78, 5) is 15.2. The van der Waals surface area contributed by atoms with Crippen molar-refractivity contribution in [3.05, 3.63) is 65.0 Å². The second-order valence-corrected chi connectivity index (χ2v) is 22.3. The average Bonchev–Trinajstić information content (AvgIpc) is 3.41. The summed E-state index contributed by atoms with van der Waals surface area (Å²) in [7, 11) is -8.14. The van der Waals surface area contributed by atoms with E-state index in [4.69, 9.17) is 0 Å². The maximum atomic E-state index is 15.1. The molecule has 17 heteroatoms. The van der Waals surface area contributed by atoms with E-state index >= 15 is 4.39 Å². The van der Waals surface area contributed by atoms with E-state index in [1.807, 2.05) is 6.92 Å². The van der Waals surface area contributed by atoms with Crippen molar-refractivity contribution in [2.75, 3.05) is 16.7 Å². The number of carbonyl (C=O) groups is 1. The van der Waals surface area contributed by atoms with Crippen LogP contribution in [-0.2, 0) is 41.3 Å². The predicted molar refractivity (Wildman–Crippen MR) is 155 cm³/mol. The molecule has 0 bridgehead atoms. The number of sulfone groups is 2. The molecule has 1 amide bonds. The van der Waals surface area contributed by atoms with Crippen molar-refractivity contribution in [3.8, 4) is 0 Å². The van der Waals surface area contributed by atoms with Gasteiger partial charge in [0.15, 0.2) is 0 Å². The maximum absolute atomic E-state index is 15.1. The monoisotopic (exact) mass is 842 g/mol. The molecule has 0 spiro atoms. The fourth-order valence-electron chi connectivity index (χ4n) is 7.37. The van der Waals surface area contributed by atoms with Crippen molar-refractivity contribution >= 4 is 25.6 Å². The first kappa shape index (κ1) is 37.2. The molecule has 2 fully saturated rings. The third kappa shape index (κ3) is 5.64. The Bertz CT molecular complexity index is 1790. The minimum atomic E-state index is -6.38. The number of alkyl halides is 9. The molecule has 268 valence electrons. The van der Waals surface area contributed by atoms with Gasteiger partial charge in [0.25, 0.3) is 0 Å². The van der Waals surface area contributed by atoms with Crippen molar-refractivity contribution in [1.29, 1.82) is 0 Å². The van der Waals surface area contributed by atoms with Gasteiger partial charge in [0.2, 0.25) is 0 Å². The van der Waals surface area contributed by atoms with Gasteiger partial charge in [-0.1, -0.05) is 0 Å². The van der Waals surface area contributed by atoms with Gasteiger partial charge in [-0.3, -0.25) is 0 Å². The molecular weight excluding hydrogens is 809 g/mol. The van der Waals surface area contributed by atoms with E-state index in [1.54, 1.807) is 6.92 Å². The van der Waals surface area contributed by atoms with Crippen LogP contribution in [0.1, 0.15) is 62.6 Å². The van der Waals surface area contributed by atoms with Crippen molar-refractivity contribution < 1.29 is 78.0 Å². The Labute approximate surface area is 283 Å². The summed E-state index contributed by atoms with van der Waals surface area (Å²) in [5.41, 5.74) is -7.90. The number of fused-ring (bicyclic) bond motifs is 3. The molecule has 0 N–H and O–H groups in total. The first-order valence-electron chi connectivity index (χ1n) is 15.2. The minimum absolute atomic E-state index is 0.0149. The number of benzene rings is 2. The fourth-order valence-corrected chi connectivity index (χ4v) is 16.5. The number of rotatable bonds is 7. The van der Waals surface area contributed by atoms with Gasteiger partial charge in [-0.25, -0.2) is 8.78 Å². The molecular formula is C31H33F8INO5S2-. The van der Waals surface area contributed by atoms with Crippen molar-refractivity contribution in [2.45, 2.75) is 88.8 Å².